The molecule has 0 aromatic heterocycles. The highest BCUT2D eigenvalue weighted by Crippen LogP contribution is 2.29. The third-order valence-electron chi connectivity index (χ3n) is 5.22. The Kier molecular flexibility index (Phi) is 5.68. The minimum absolute atomic E-state index is 0.403. The first-order valence-corrected chi connectivity index (χ1v) is 8.19. The lowest BCUT2D eigenvalue weighted by atomic mass is 9.89. The molecule has 0 aromatic rings. The van der Waals surface area contributed by atoms with E-state index in [-0.39, 0.29) is 0 Å². The molecule has 1 saturated carbocycles. The van der Waals surface area contributed by atoms with Crippen LogP contribution in [-0.4, -0.2) is 37.0 Å². The standard InChI is InChI=1S/C16H30N2O/c1-3-14-12-18(11-10-15(14)17-2)16(19)9-8-13-6-4-5-7-13/h13-15,17H,3-12H2,1-2H3. The summed E-state index contributed by atoms with van der Waals surface area (Å²) in [5.41, 5.74) is 0. The SMILES string of the molecule is CCC1CN(C(=O)CCC2CCCC2)CCC1NC. The number of amides is 1. The summed E-state index contributed by atoms with van der Waals surface area (Å²) in [6.45, 7) is 4.15. The molecule has 0 bridgehead atoms. The zero-order valence-corrected chi connectivity index (χ0v) is 12.7. The molecule has 2 atom stereocenters. The Morgan fingerprint density at radius 1 is 1.26 bits per heavy atom. The van der Waals surface area contributed by atoms with Crippen LogP contribution in [0, 0.1) is 11.8 Å². The molecular formula is C16H30N2O. The molecule has 110 valence electrons. The van der Waals surface area contributed by atoms with Crippen LogP contribution in [0.3, 0.4) is 0 Å². The quantitative estimate of drug-likeness (QED) is 0.830. The van der Waals surface area contributed by atoms with Crippen LogP contribution >= 0.6 is 0 Å². The maximum atomic E-state index is 12.3. The molecule has 1 aliphatic carbocycles. The average Bonchev–Trinajstić information content (AvgIpc) is 2.97. The van der Waals surface area contributed by atoms with Crippen molar-refractivity contribution in [3.8, 4) is 0 Å². The molecule has 0 aromatic carbocycles. The lowest BCUT2D eigenvalue weighted by Gasteiger charge is -2.38. The molecule has 1 N–H and O–H groups in total. The molecule has 1 saturated heterocycles. The average molecular weight is 266 g/mol. The summed E-state index contributed by atoms with van der Waals surface area (Å²) in [5, 5.41) is 3.40. The smallest absolute Gasteiger partial charge is 0.222 e. The maximum absolute atomic E-state index is 12.3. The van der Waals surface area contributed by atoms with E-state index in [1.54, 1.807) is 0 Å². The predicted molar refractivity (Wildman–Crippen MR) is 79.0 cm³/mol. The second-order valence-electron chi connectivity index (χ2n) is 6.38. The highest BCUT2D eigenvalue weighted by atomic mass is 16.2. The molecule has 1 aliphatic heterocycles. The normalized spacial score (nSPS) is 28.8. The molecule has 3 nitrogen and oxygen atoms in total. The summed E-state index contributed by atoms with van der Waals surface area (Å²) in [6.07, 6.45) is 9.66. The first-order chi connectivity index (χ1) is 9.24. The summed E-state index contributed by atoms with van der Waals surface area (Å²) in [5.74, 6) is 1.87. The highest BCUT2D eigenvalue weighted by Gasteiger charge is 2.29. The van der Waals surface area contributed by atoms with Gasteiger partial charge in [-0.2, -0.15) is 0 Å². The van der Waals surface area contributed by atoms with Crippen LogP contribution in [0.1, 0.15) is 58.3 Å². The van der Waals surface area contributed by atoms with Crippen LogP contribution in [0.25, 0.3) is 0 Å². The van der Waals surface area contributed by atoms with E-state index in [0.717, 1.165) is 44.7 Å². The van der Waals surface area contributed by atoms with E-state index in [9.17, 15) is 4.79 Å². The molecule has 2 aliphatic rings. The monoisotopic (exact) mass is 266 g/mol. The van der Waals surface area contributed by atoms with E-state index in [1.165, 1.54) is 25.7 Å². The van der Waals surface area contributed by atoms with Crippen molar-refractivity contribution in [2.75, 3.05) is 20.1 Å². The van der Waals surface area contributed by atoms with E-state index in [1.807, 2.05) is 7.05 Å². The van der Waals surface area contributed by atoms with Crippen molar-refractivity contribution in [3.05, 3.63) is 0 Å². The Bertz CT molecular complexity index is 286. The van der Waals surface area contributed by atoms with Crippen molar-refractivity contribution in [1.29, 1.82) is 0 Å². The van der Waals surface area contributed by atoms with Gasteiger partial charge < -0.3 is 10.2 Å². The second kappa shape index (κ2) is 7.28. The zero-order valence-electron chi connectivity index (χ0n) is 12.7. The number of likely N-dealkylation sites (tertiary alicyclic amines) is 1. The number of rotatable bonds is 5. The fraction of sp³-hybridized carbons (Fsp3) is 0.938. The summed E-state index contributed by atoms with van der Waals surface area (Å²) in [7, 11) is 2.05. The maximum Gasteiger partial charge on any atom is 0.222 e. The molecular weight excluding hydrogens is 236 g/mol. The number of piperidine rings is 1. The first-order valence-electron chi connectivity index (χ1n) is 8.19. The van der Waals surface area contributed by atoms with Crippen LogP contribution < -0.4 is 5.32 Å². The minimum Gasteiger partial charge on any atom is -0.342 e. The van der Waals surface area contributed by atoms with Gasteiger partial charge in [0.2, 0.25) is 5.91 Å². The van der Waals surface area contributed by atoms with Gasteiger partial charge in [-0.15, -0.1) is 0 Å². The van der Waals surface area contributed by atoms with Gasteiger partial charge in [-0.05, 0) is 31.7 Å². The molecule has 1 heterocycles. The first kappa shape index (κ1) is 14.8. The van der Waals surface area contributed by atoms with Crippen molar-refractivity contribution in [2.45, 2.75) is 64.3 Å². The molecule has 0 radical (unpaired) electrons. The van der Waals surface area contributed by atoms with Gasteiger partial charge in [-0.25, -0.2) is 0 Å². The molecule has 2 fully saturated rings. The Balaban J connectivity index is 1.76. The van der Waals surface area contributed by atoms with Crippen molar-refractivity contribution >= 4 is 5.91 Å². The van der Waals surface area contributed by atoms with Gasteiger partial charge in [0, 0.05) is 25.6 Å². The van der Waals surface area contributed by atoms with Gasteiger partial charge in [0.05, 0.1) is 0 Å². The number of nitrogens with one attached hydrogen (secondary N) is 1. The van der Waals surface area contributed by atoms with E-state index in [0.29, 0.717) is 17.9 Å². The van der Waals surface area contributed by atoms with E-state index >= 15 is 0 Å². The lowest BCUT2D eigenvalue weighted by molar-refractivity contribution is -0.133. The van der Waals surface area contributed by atoms with Crippen LogP contribution in [0.4, 0.5) is 0 Å². The fourth-order valence-electron chi connectivity index (χ4n) is 3.84. The van der Waals surface area contributed by atoms with Gasteiger partial charge in [0.25, 0.3) is 0 Å². The van der Waals surface area contributed by atoms with Crippen molar-refractivity contribution < 1.29 is 4.79 Å². The predicted octanol–water partition coefficient (Wildman–Crippen LogP) is 2.80. The van der Waals surface area contributed by atoms with Crippen LogP contribution in [0.5, 0.6) is 0 Å². The molecule has 19 heavy (non-hydrogen) atoms. The van der Waals surface area contributed by atoms with E-state index in [2.05, 4.69) is 17.1 Å². The minimum atomic E-state index is 0.403. The van der Waals surface area contributed by atoms with E-state index < -0.39 is 0 Å². The summed E-state index contributed by atoms with van der Waals surface area (Å²) in [6, 6.07) is 0.601. The third kappa shape index (κ3) is 3.95. The zero-order chi connectivity index (χ0) is 13.7. The van der Waals surface area contributed by atoms with Gasteiger partial charge in [0.15, 0.2) is 0 Å². The summed E-state index contributed by atoms with van der Waals surface area (Å²) >= 11 is 0. The largest absolute Gasteiger partial charge is 0.342 e. The number of nitrogens with zero attached hydrogens (tertiary/aromatic N) is 1. The van der Waals surface area contributed by atoms with Crippen molar-refractivity contribution in [2.24, 2.45) is 11.8 Å². The molecule has 2 rings (SSSR count). The second-order valence-corrected chi connectivity index (χ2v) is 6.38. The summed E-state index contributed by atoms with van der Waals surface area (Å²) < 4.78 is 0. The third-order valence-corrected chi connectivity index (χ3v) is 5.22. The van der Waals surface area contributed by atoms with Gasteiger partial charge in [-0.3, -0.25) is 4.79 Å². The summed E-state index contributed by atoms with van der Waals surface area (Å²) in [4.78, 5) is 14.4. The number of hydrogen-bond donors (Lipinski definition) is 1. The topological polar surface area (TPSA) is 32.3 Å². The molecule has 0 spiro atoms. The van der Waals surface area contributed by atoms with Gasteiger partial charge >= 0.3 is 0 Å². The Morgan fingerprint density at radius 2 is 2.00 bits per heavy atom. The van der Waals surface area contributed by atoms with E-state index in [4.69, 9.17) is 0 Å². The molecule has 2 unspecified atom stereocenters. The van der Waals surface area contributed by atoms with Crippen LogP contribution in [-0.2, 0) is 4.79 Å². The number of carbonyl (C=O) groups excluding carboxylic acids is 1. The number of carbonyl (C=O) groups is 1. The van der Waals surface area contributed by atoms with Crippen molar-refractivity contribution in [1.82, 2.24) is 10.2 Å². The lowest BCUT2D eigenvalue weighted by Crippen LogP contribution is -2.50. The van der Waals surface area contributed by atoms with Crippen LogP contribution in [0.15, 0.2) is 0 Å². The van der Waals surface area contributed by atoms with Gasteiger partial charge in [-0.1, -0.05) is 39.0 Å². The molecule has 3 heteroatoms. The Labute approximate surface area is 118 Å². The Morgan fingerprint density at radius 3 is 2.63 bits per heavy atom. The highest BCUT2D eigenvalue weighted by molar-refractivity contribution is 5.76. The number of hydrogen-bond acceptors (Lipinski definition) is 2. The fourth-order valence-corrected chi connectivity index (χ4v) is 3.84. The Hall–Kier alpha value is -0.570. The van der Waals surface area contributed by atoms with Crippen LogP contribution in [0.2, 0.25) is 0 Å². The van der Waals surface area contributed by atoms with Gasteiger partial charge in [0.1, 0.15) is 0 Å². The molecule has 1 amide bonds. The van der Waals surface area contributed by atoms with Crippen molar-refractivity contribution in [3.63, 3.8) is 0 Å².